The van der Waals surface area contributed by atoms with Gasteiger partial charge in [-0.15, -0.1) is 11.8 Å². The lowest BCUT2D eigenvalue weighted by Crippen LogP contribution is -2.44. The van der Waals surface area contributed by atoms with E-state index >= 15 is 0 Å². The standard InChI is InChI=1S/C19H31NO3S/c1-6-10-16(21)17(24-15-11-8-7-9-12-15)13-20-14(2)18(22)23-19(3,4)5/h7-9,11-12,14,16-17,20-21H,6,10,13H2,1-5H3/t14-,16+,17+/m0/s1. The fourth-order valence-electron chi connectivity index (χ4n) is 2.18. The van der Waals surface area contributed by atoms with E-state index in [0.29, 0.717) is 6.54 Å². The number of ether oxygens (including phenoxy) is 1. The van der Waals surface area contributed by atoms with Crippen molar-refractivity contribution in [3.63, 3.8) is 0 Å². The third kappa shape index (κ3) is 8.18. The molecule has 0 saturated carbocycles. The second-order valence-corrected chi connectivity index (χ2v) is 8.30. The lowest BCUT2D eigenvalue weighted by molar-refractivity contribution is -0.156. The number of aliphatic hydroxyl groups excluding tert-OH is 1. The van der Waals surface area contributed by atoms with E-state index in [1.54, 1.807) is 18.7 Å². The molecule has 0 amide bonds. The minimum Gasteiger partial charge on any atom is -0.459 e. The van der Waals surface area contributed by atoms with Gasteiger partial charge in [0.25, 0.3) is 0 Å². The van der Waals surface area contributed by atoms with Gasteiger partial charge in [0.2, 0.25) is 0 Å². The van der Waals surface area contributed by atoms with Crippen molar-refractivity contribution < 1.29 is 14.6 Å². The summed E-state index contributed by atoms with van der Waals surface area (Å²) < 4.78 is 5.39. The Balaban J connectivity index is 2.63. The highest BCUT2D eigenvalue weighted by Gasteiger charge is 2.25. The highest BCUT2D eigenvalue weighted by atomic mass is 32.2. The summed E-state index contributed by atoms with van der Waals surface area (Å²) in [5.74, 6) is -0.268. The second kappa shape index (κ2) is 10.1. The number of hydrogen-bond acceptors (Lipinski definition) is 5. The Morgan fingerprint density at radius 1 is 1.29 bits per heavy atom. The van der Waals surface area contributed by atoms with E-state index in [9.17, 15) is 9.90 Å². The molecule has 0 aliphatic heterocycles. The summed E-state index contributed by atoms with van der Waals surface area (Å²) in [5, 5.41) is 13.6. The van der Waals surface area contributed by atoms with E-state index in [1.807, 2.05) is 51.1 Å². The van der Waals surface area contributed by atoms with Crippen LogP contribution in [0.25, 0.3) is 0 Å². The van der Waals surface area contributed by atoms with Crippen LogP contribution in [0.4, 0.5) is 0 Å². The molecule has 3 atom stereocenters. The van der Waals surface area contributed by atoms with Gasteiger partial charge in [0.05, 0.1) is 6.10 Å². The largest absolute Gasteiger partial charge is 0.459 e. The molecular weight excluding hydrogens is 322 g/mol. The average molecular weight is 354 g/mol. The normalized spacial score (nSPS) is 15.6. The fraction of sp³-hybridized carbons (Fsp3) is 0.632. The van der Waals surface area contributed by atoms with Crippen LogP contribution in [-0.4, -0.2) is 40.6 Å². The van der Waals surface area contributed by atoms with E-state index in [1.165, 1.54) is 0 Å². The predicted molar refractivity (Wildman–Crippen MR) is 100 cm³/mol. The zero-order valence-electron chi connectivity index (χ0n) is 15.4. The van der Waals surface area contributed by atoms with E-state index in [4.69, 9.17) is 4.74 Å². The van der Waals surface area contributed by atoms with Gasteiger partial charge in [-0.3, -0.25) is 4.79 Å². The first kappa shape index (κ1) is 21.0. The number of carbonyl (C=O) groups is 1. The molecular formula is C19H31NO3S. The Morgan fingerprint density at radius 3 is 2.46 bits per heavy atom. The SMILES string of the molecule is CCC[C@@H](O)[C@@H](CN[C@@H](C)C(=O)OC(C)(C)C)Sc1ccccc1. The molecule has 0 unspecified atom stereocenters. The van der Waals surface area contributed by atoms with E-state index in [-0.39, 0.29) is 11.2 Å². The van der Waals surface area contributed by atoms with Crippen molar-refractivity contribution >= 4 is 17.7 Å². The van der Waals surface area contributed by atoms with E-state index in [2.05, 4.69) is 12.2 Å². The molecule has 0 bridgehead atoms. The zero-order chi connectivity index (χ0) is 18.2. The molecule has 24 heavy (non-hydrogen) atoms. The third-order valence-electron chi connectivity index (χ3n) is 3.43. The van der Waals surface area contributed by atoms with Crippen LogP contribution < -0.4 is 5.32 Å². The predicted octanol–water partition coefficient (Wildman–Crippen LogP) is 3.63. The Morgan fingerprint density at radius 2 is 1.92 bits per heavy atom. The number of nitrogens with one attached hydrogen (secondary N) is 1. The van der Waals surface area contributed by atoms with Crippen molar-refractivity contribution in [1.82, 2.24) is 5.32 Å². The Bertz CT molecular complexity index is 487. The molecule has 0 aliphatic rings. The molecule has 1 aromatic rings. The van der Waals surface area contributed by atoms with Crippen LogP contribution in [0.5, 0.6) is 0 Å². The molecule has 5 heteroatoms. The van der Waals surface area contributed by atoms with Gasteiger partial charge in [-0.2, -0.15) is 0 Å². The average Bonchev–Trinajstić information content (AvgIpc) is 2.50. The molecule has 2 N–H and O–H groups in total. The molecule has 4 nitrogen and oxygen atoms in total. The van der Waals surface area contributed by atoms with Crippen LogP contribution in [0.1, 0.15) is 47.5 Å². The number of aliphatic hydroxyl groups is 1. The fourth-order valence-corrected chi connectivity index (χ4v) is 3.31. The monoisotopic (exact) mass is 353 g/mol. The van der Waals surface area contributed by atoms with Crippen molar-refractivity contribution in [2.45, 2.75) is 75.4 Å². The maximum atomic E-state index is 12.1. The van der Waals surface area contributed by atoms with E-state index < -0.39 is 17.7 Å². The summed E-state index contributed by atoms with van der Waals surface area (Å²) in [5.41, 5.74) is -0.493. The van der Waals surface area contributed by atoms with Crippen molar-refractivity contribution in [3.8, 4) is 0 Å². The molecule has 136 valence electrons. The summed E-state index contributed by atoms with van der Waals surface area (Å²) in [6, 6.07) is 9.62. The summed E-state index contributed by atoms with van der Waals surface area (Å²) >= 11 is 1.64. The van der Waals surface area contributed by atoms with Gasteiger partial charge < -0.3 is 15.2 Å². The van der Waals surface area contributed by atoms with Gasteiger partial charge in [-0.25, -0.2) is 0 Å². The smallest absolute Gasteiger partial charge is 0.323 e. The maximum Gasteiger partial charge on any atom is 0.323 e. The van der Waals surface area contributed by atoms with Gasteiger partial charge in [0.1, 0.15) is 11.6 Å². The Labute approximate surface area is 150 Å². The third-order valence-corrected chi connectivity index (χ3v) is 4.76. The Hall–Kier alpha value is -1.04. The van der Waals surface area contributed by atoms with Gasteiger partial charge in [0.15, 0.2) is 0 Å². The first-order valence-electron chi connectivity index (χ1n) is 8.59. The number of hydrogen-bond donors (Lipinski definition) is 2. The van der Waals surface area contributed by atoms with Crippen LogP contribution in [0.3, 0.4) is 0 Å². The van der Waals surface area contributed by atoms with Crippen molar-refractivity contribution in [2.75, 3.05) is 6.54 Å². The van der Waals surface area contributed by atoms with Crippen LogP contribution in [0.15, 0.2) is 35.2 Å². The van der Waals surface area contributed by atoms with Gasteiger partial charge >= 0.3 is 5.97 Å². The van der Waals surface area contributed by atoms with Gasteiger partial charge in [0, 0.05) is 16.7 Å². The number of esters is 1. The summed E-state index contributed by atoms with van der Waals surface area (Å²) in [6.45, 7) is 9.97. The summed E-state index contributed by atoms with van der Waals surface area (Å²) in [7, 11) is 0. The van der Waals surface area contributed by atoms with Crippen LogP contribution in [0.2, 0.25) is 0 Å². The number of carbonyl (C=O) groups excluding carboxylic acids is 1. The lowest BCUT2D eigenvalue weighted by Gasteiger charge is -2.26. The molecule has 0 spiro atoms. The van der Waals surface area contributed by atoms with Crippen molar-refractivity contribution in [3.05, 3.63) is 30.3 Å². The molecule has 1 aromatic carbocycles. The van der Waals surface area contributed by atoms with Gasteiger partial charge in [-0.05, 0) is 46.2 Å². The summed E-state index contributed by atoms with van der Waals surface area (Å²) in [4.78, 5) is 13.2. The maximum absolute atomic E-state index is 12.1. The molecule has 0 fully saturated rings. The number of thioether (sulfide) groups is 1. The molecule has 0 saturated heterocycles. The first-order chi connectivity index (χ1) is 11.2. The van der Waals surface area contributed by atoms with Crippen molar-refractivity contribution in [1.29, 1.82) is 0 Å². The second-order valence-electron chi connectivity index (χ2n) is 6.99. The van der Waals surface area contributed by atoms with Crippen LogP contribution in [-0.2, 0) is 9.53 Å². The van der Waals surface area contributed by atoms with Crippen molar-refractivity contribution in [2.24, 2.45) is 0 Å². The molecule has 0 heterocycles. The molecule has 0 radical (unpaired) electrons. The highest BCUT2D eigenvalue weighted by molar-refractivity contribution is 8.00. The quantitative estimate of drug-likeness (QED) is 0.524. The lowest BCUT2D eigenvalue weighted by atomic mass is 10.1. The molecule has 0 aliphatic carbocycles. The van der Waals surface area contributed by atoms with Crippen LogP contribution in [0, 0.1) is 0 Å². The minimum atomic E-state index is -0.493. The van der Waals surface area contributed by atoms with E-state index in [0.717, 1.165) is 17.7 Å². The van der Waals surface area contributed by atoms with Gasteiger partial charge in [-0.1, -0.05) is 31.5 Å². The minimum absolute atomic E-state index is 0.0164. The Kier molecular flexibility index (Phi) is 8.81. The first-order valence-corrected chi connectivity index (χ1v) is 9.47. The molecule has 0 aromatic heterocycles. The number of benzene rings is 1. The highest BCUT2D eigenvalue weighted by Crippen LogP contribution is 2.26. The van der Waals surface area contributed by atoms with Crippen LogP contribution >= 0.6 is 11.8 Å². The molecule has 1 rings (SSSR count). The topological polar surface area (TPSA) is 58.6 Å². The number of rotatable bonds is 9. The zero-order valence-corrected chi connectivity index (χ0v) is 16.2. The summed E-state index contributed by atoms with van der Waals surface area (Å²) in [6.07, 6.45) is 1.25.